The molecule has 0 saturated carbocycles. The van der Waals surface area contributed by atoms with Gasteiger partial charge in [0.1, 0.15) is 0 Å². The number of hydrogen-bond donors (Lipinski definition) is 0. The molecule has 0 N–H and O–H groups in total. The first-order valence-corrected chi connectivity index (χ1v) is 5.26. The van der Waals surface area contributed by atoms with Gasteiger partial charge < -0.3 is 9.64 Å². The van der Waals surface area contributed by atoms with Gasteiger partial charge in [-0.05, 0) is 38.8 Å². The van der Waals surface area contributed by atoms with Gasteiger partial charge in [-0.3, -0.25) is 0 Å². The molecule has 2 heteroatoms. The van der Waals surface area contributed by atoms with Gasteiger partial charge in [0, 0.05) is 19.3 Å². The number of allylic oxidation sites excluding steroid dienone is 3. The fourth-order valence-corrected chi connectivity index (χ4v) is 1.15. The van der Waals surface area contributed by atoms with E-state index in [0.717, 1.165) is 24.4 Å². The van der Waals surface area contributed by atoms with Crippen molar-refractivity contribution in [1.29, 1.82) is 0 Å². The monoisotopic (exact) mass is 209 g/mol. The summed E-state index contributed by atoms with van der Waals surface area (Å²) in [5.74, 6) is 1.01. The van der Waals surface area contributed by atoms with Crippen LogP contribution in [-0.2, 0) is 4.74 Å². The van der Waals surface area contributed by atoms with E-state index in [1.165, 1.54) is 5.57 Å². The molecule has 0 atom stereocenters. The lowest BCUT2D eigenvalue weighted by Gasteiger charge is -2.19. The minimum Gasteiger partial charge on any atom is -0.501 e. The molecule has 0 aliphatic rings. The Morgan fingerprint density at radius 2 is 2.00 bits per heavy atom. The molecule has 0 unspecified atom stereocenters. The van der Waals surface area contributed by atoms with Crippen LogP contribution < -0.4 is 0 Å². The summed E-state index contributed by atoms with van der Waals surface area (Å²) in [6, 6.07) is 0. The molecule has 0 aliphatic carbocycles. The molecule has 0 fully saturated rings. The molecule has 0 aromatic carbocycles. The quantitative estimate of drug-likeness (QED) is 0.491. The molecule has 0 aromatic heterocycles. The van der Waals surface area contributed by atoms with Gasteiger partial charge in [0.25, 0.3) is 0 Å². The van der Waals surface area contributed by atoms with Crippen LogP contribution in [0.4, 0.5) is 0 Å². The Kier molecular flexibility index (Phi) is 6.59. The SMILES string of the molecule is C=C(C=CC)N(C)CCC(C)=C(C)OC. The van der Waals surface area contributed by atoms with E-state index in [1.54, 1.807) is 7.11 Å². The first-order chi connectivity index (χ1) is 7.02. The van der Waals surface area contributed by atoms with Crippen molar-refractivity contribution in [3.63, 3.8) is 0 Å². The van der Waals surface area contributed by atoms with Crippen LogP contribution in [0.1, 0.15) is 27.2 Å². The summed E-state index contributed by atoms with van der Waals surface area (Å²) in [5.41, 5.74) is 2.33. The maximum atomic E-state index is 5.18. The summed E-state index contributed by atoms with van der Waals surface area (Å²) in [4.78, 5) is 2.15. The number of nitrogens with zero attached hydrogens (tertiary/aromatic N) is 1. The Balaban J connectivity index is 4.11. The zero-order chi connectivity index (χ0) is 11.8. The summed E-state index contributed by atoms with van der Waals surface area (Å²) >= 11 is 0. The van der Waals surface area contributed by atoms with Crippen LogP contribution in [0.2, 0.25) is 0 Å². The van der Waals surface area contributed by atoms with Crippen LogP contribution in [0, 0.1) is 0 Å². The summed E-state index contributed by atoms with van der Waals surface area (Å²) in [6.07, 6.45) is 5.02. The van der Waals surface area contributed by atoms with Crippen LogP contribution in [-0.4, -0.2) is 25.6 Å². The predicted octanol–water partition coefficient (Wildman–Crippen LogP) is 3.34. The molecular weight excluding hydrogens is 186 g/mol. The Bertz CT molecular complexity index is 264. The molecule has 0 amide bonds. The van der Waals surface area contributed by atoms with Gasteiger partial charge in [0.05, 0.1) is 12.9 Å². The topological polar surface area (TPSA) is 12.5 Å². The molecule has 0 radical (unpaired) electrons. The molecule has 0 bridgehead atoms. The summed E-state index contributed by atoms with van der Waals surface area (Å²) in [6.45, 7) is 11.0. The van der Waals surface area contributed by atoms with Gasteiger partial charge >= 0.3 is 0 Å². The van der Waals surface area contributed by atoms with Crippen LogP contribution in [0.25, 0.3) is 0 Å². The highest BCUT2D eigenvalue weighted by Crippen LogP contribution is 2.10. The molecule has 2 nitrogen and oxygen atoms in total. The van der Waals surface area contributed by atoms with Crippen molar-refractivity contribution in [2.45, 2.75) is 27.2 Å². The van der Waals surface area contributed by atoms with Crippen molar-refractivity contribution in [2.24, 2.45) is 0 Å². The Morgan fingerprint density at radius 1 is 1.40 bits per heavy atom. The second-order valence-electron chi connectivity index (χ2n) is 3.70. The van der Waals surface area contributed by atoms with Crippen LogP contribution in [0.3, 0.4) is 0 Å². The molecule has 0 saturated heterocycles. The van der Waals surface area contributed by atoms with E-state index in [0.29, 0.717) is 0 Å². The first kappa shape index (κ1) is 13.8. The normalized spacial score (nSPS) is 12.6. The molecule has 0 rings (SSSR count). The highest BCUT2D eigenvalue weighted by molar-refractivity contribution is 5.12. The Labute approximate surface area is 93.9 Å². The lowest BCUT2D eigenvalue weighted by molar-refractivity contribution is 0.286. The predicted molar refractivity (Wildman–Crippen MR) is 66.6 cm³/mol. The van der Waals surface area contributed by atoms with Gasteiger partial charge in [-0.25, -0.2) is 0 Å². The number of methoxy groups -OCH3 is 1. The third-order valence-corrected chi connectivity index (χ3v) is 2.58. The molecule has 0 spiro atoms. The fraction of sp³-hybridized carbons (Fsp3) is 0.538. The van der Waals surface area contributed by atoms with Gasteiger partial charge in [-0.15, -0.1) is 0 Å². The molecule has 86 valence electrons. The average Bonchev–Trinajstić information content (AvgIpc) is 2.24. The number of likely N-dealkylation sites (N-methyl/N-ethyl adjacent to an activating group) is 1. The van der Waals surface area contributed by atoms with Crippen LogP contribution in [0.5, 0.6) is 0 Å². The lowest BCUT2D eigenvalue weighted by Crippen LogP contribution is -2.17. The summed E-state index contributed by atoms with van der Waals surface area (Å²) < 4.78 is 5.18. The van der Waals surface area contributed by atoms with Gasteiger partial charge in [-0.2, -0.15) is 0 Å². The van der Waals surface area contributed by atoms with E-state index in [4.69, 9.17) is 4.74 Å². The number of hydrogen-bond acceptors (Lipinski definition) is 2. The molecular formula is C13H23NO. The van der Waals surface area contributed by atoms with Crippen molar-refractivity contribution in [1.82, 2.24) is 4.90 Å². The molecule has 0 heterocycles. The zero-order valence-electron chi connectivity index (χ0n) is 10.6. The van der Waals surface area contributed by atoms with Crippen molar-refractivity contribution < 1.29 is 4.74 Å². The van der Waals surface area contributed by atoms with Crippen molar-refractivity contribution in [3.8, 4) is 0 Å². The molecule has 0 aliphatic heterocycles. The third-order valence-electron chi connectivity index (χ3n) is 2.58. The van der Waals surface area contributed by atoms with Crippen molar-refractivity contribution in [3.05, 3.63) is 35.8 Å². The fourth-order valence-electron chi connectivity index (χ4n) is 1.15. The van der Waals surface area contributed by atoms with Gasteiger partial charge in [0.2, 0.25) is 0 Å². The van der Waals surface area contributed by atoms with Crippen LogP contribution >= 0.6 is 0 Å². The van der Waals surface area contributed by atoms with Gasteiger partial charge in [0.15, 0.2) is 0 Å². The minimum absolute atomic E-state index is 0.968. The molecule has 0 aromatic rings. The highest BCUT2D eigenvalue weighted by Gasteiger charge is 2.01. The Morgan fingerprint density at radius 3 is 2.47 bits per heavy atom. The standard InChI is InChI=1S/C13H23NO/c1-7-8-12(3)14(5)10-9-11(2)13(4)15-6/h7-8H,3,9-10H2,1-2,4-6H3. The van der Waals surface area contributed by atoms with E-state index >= 15 is 0 Å². The van der Waals surface area contributed by atoms with E-state index < -0.39 is 0 Å². The Hall–Kier alpha value is -1.18. The average molecular weight is 209 g/mol. The number of ether oxygens (including phenoxy) is 1. The lowest BCUT2D eigenvalue weighted by atomic mass is 10.2. The molecule has 15 heavy (non-hydrogen) atoms. The van der Waals surface area contributed by atoms with E-state index in [-0.39, 0.29) is 0 Å². The van der Waals surface area contributed by atoms with Crippen molar-refractivity contribution in [2.75, 3.05) is 20.7 Å². The zero-order valence-corrected chi connectivity index (χ0v) is 10.6. The third kappa shape index (κ3) is 5.31. The maximum Gasteiger partial charge on any atom is 0.0914 e. The van der Waals surface area contributed by atoms with Gasteiger partial charge in [-0.1, -0.05) is 12.7 Å². The summed E-state index contributed by atoms with van der Waals surface area (Å²) in [7, 11) is 3.76. The van der Waals surface area contributed by atoms with E-state index in [9.17, 15) is 0 Å². The second-order valence-corrected chi connectivity index (χ2v) is 3.70. The largest absolute Gasteiger partial charge is 0.501 e. The summed E-state index contributed by atoms with van der Waals surface area (Å²) in [5, 5.41) is 0. The van der Waals surface area contributed by atoms with E-state index in [2.05, 4.69) is 25.5 Å². The van der Waals surface area contributed by atoms with E-state index in [1.807, 2.05) is 26.0 Å². The smallest absolute Gasteiger partial charge is 0.0914 e. The second kappa shape index (κ2) is 7.16. The minimum atomic E-state index is 0.968. The van der Waals surface area contributed by atoms with Crippen molar-refractivity contribution >= 4 is 0 Å². The maximum absolute atomic E-state index is 5.18. The number of rotatable bonds is 6. The first-order valence-electron chi connectivity index (χ1n) is 5.26. The highest BCUT2D eigenvalue weighted by atomic mass is 16.5. The van der Waals surface area contributed by atoms with Crippen LogP contribution in [0.15, 0.2) is 35.8 Å².